The minimum atomic E-state index is 0.630. The van der Waals surface area contributed by atoms with Gasteiger partial charge in [0, 0.05) is 6.04 Å². The number of nitrogens with one attached hydrogen (secondary N) is 1. The van der Waals surface area contributed by atoms with Crippen LogP contribution in [0.5, 0.6) is 0 Å². The topological polar surface area (TPSA) is 12.0 Å². The zero-order valence-electron chi connectivity index (χ0n) is 6.36. The van der Waals surface area contributed by atoms with Crippen molar-refractivity contribution < 1.29 is 0 Å². The second-order valence-corrected chi connectivity index (χ2v) is 2.63. The molecular formula is C6H16BN. The molecule has 0 aliphatic rings. The molecule has 0 aromatic carbocycles. The Morgan fingerprint density at radius 2 is 2.00 bits per heavy atom. The highest BCUT2D eigenvalue weighted by Crippen LogP contribution is 1.87. The van der Waals surface area contributed by atoms with Crippen LogP contribution in [0.3, 0.4) is 0 Å². The molecule has 0 saturated carbocycles. The monoisotopic (exact) mass is 113 g/mol. The van der Waals surface area contributed by atoms with Crippen molar-refractivity contribution in [3.05, 3.63) is 0 Å². The van der Waals surface area contributed by atoms with Crippen molar-refractivity contribution in [1.82, 2.24) is 5.32 Å². The molecule has 0 heterocycles. The Bertz CT molecular complexity index is 54.5. The lowest BCUT2D eigenvalue weighted by Gasteiger charge is -2.13. The van der Waals surface area contributed by atoms with Crippen LogP contribution in [-0.2, 0) is 0 Å². The molecule has 0 spiro atoms. The fourth-order valence-electron chi connectivity index (χ4n) is 0.687. The molecule has 0 saturated heterocycles. The van der Waals surface area contributed by atoms with Crippen LogP contribution < -0.4 is 5.32 Å². The molecule has 2 unspecified atom stereocenters. The predicted octanol–water partition coefficient (Wildman–Crippen LogP) is 0.354. The standard InChI is InChI=1S/C6H16BN/c1-4-5(2)8-6(3)7/h5-6,8H,4,7H2,1-3H3. The number of rotatable bonds is 3. The van der Waals surface area contributed by atoms with Gasteiger partial charge < -0.3 is 5.32 Å². The third kappa shape index (κ3) is 4.19. The van der Waals surface area contributed by atoms with Crippen LogP contribution in [-0.4, -0.2) is 19.8 Å². The van der Waals surface area contributed by atoms with Gasteiger partial charge in [-0.3, -0.25) is 0 Å². The largest absolute Gasteiger partial charge is 0.320 e. The summed E-state index contributed by atoms with van der Waals surface area (Å²) in [6.45, 7) is 6.58. The van der Waals surface area contributed by atoms with Gasteiger partial charge in [-0.2, -0.15) is 0 Å². The van der Waals surface area contributed by atoms with Gasteiger partial charge >= 0.3 is 0 Å². The van der Waals surface area contributed by atoms with Crippen LogP contribution in [0.4, 0.5) is 0 Å². The fraction of sp³-hybridized carbons (Fsp3) is 1.00. The highest BCUT2D eigenvalue weighted by molar-refractivity contribution is 6.11. The first-order valence-electron chi connectivity index (χ1n) is 3.42. The van der Waals surface area contributed by atoms with Gasteiger partial charge in [-0.05, 0) is 19.3 Å². The molecule has 0 amide bonds. The molecule has 0 fully saturated rings. The number of hydrogen-bond acceptors (Lipinski definition) is 1. The van der Waals surface area contributed by atoms with Gasteiger partial charge in [0.1, 0.15) is 7.85 Å². The summed E-state index contributed by atoms with van der Waals surface area (Å²) < 4.78 is 0. The van der Waals surface area contributed by atoms with Crippen molar-refractivity contribution in [1.29, 1.82) is 0 Å². The third-order valence-corrected chi connectivity index (χ3v) is 1.23. The average Bonchev–Trinajstić information content (AvgIpc) is 1.65. The van der Waals surface area contributed by atoms with E-state index in [1.807, 2.05) is 0 Å². The van der Waals surface area contributed by atoms with E-state index < -0.39 is 0 Å². The van der Waals surface area contributed by atoms with Gasteiger partial charge in [0.2, 0.25) is 0 Å². The van der Waals surface area contributed by atoms with Crippen molar-refractivity contribution in [2.75, 3.05) is 0 Å². The lowest BCUT2D eigenvalue weighted by molar-refractivity contribution is 0.528. The van der Waals surface area contributed by atoms with Gasteiger partial charge in [-0.15, -0.1) is 0 Å². The third-order valence-electron chi connectivity index (χ3n) is 1.23. The molecule has 2 heteroatoms. The van der Waals surface area contributed by atoms with Gasteiger partial charge in [-0.1, -0.05) is 13.8 Å². The highest BCUT2D eigenvalue weighted by atomic mass is 14.9. The molecule has 0 aromatic rings. The SMILES string of the molecule is BC(C)NC(C)CC. The Labute approximate surface area is 53.3 Å². The van der Waals surface area contributed by atoms with Crippen LogP contribution in [0, 0.1) is 0 Å². The molecule has 8 heavy (non-hydrogen) atoms. The van der Waals surface area contributed by atoms with E-state index in [9.17, 15) is 0 Å². The summed E-state index contributed by atoms with van der Waals surface area (Å²) in [6.07, 6.45) is 1.22. The Hall–Kier alpha value is 0.0249. The molecule has 0 rings (SSSR count). The molecule has 1 N–H and O–H groups in total. The minimum absolute atomic E-state index is 0.630. The van der Waals surface area contributed by atoms with Crippen molar-refractivity contribution >= 4 is 7.85 Å². The van der Waals surface area contributed by atoms with Crippen molar-refractivity contribution in [3.63, 3.8) is 0 Å². The maximum Gasteiger partial charge on any atom is 0.123 e. The Morgan fingerprint density at radius 3 is 2.12 bits per heavy atom. The molecular weight excluding hydrogens is 96.9 g/mol. The van der Waals surface area contributed by atoms with Crippen molar-refractivity contribution in [2.24, 2.45) is 0 Å². The smallest absolute Gasteiger partial charge is 0.123 e. The zero-order valence-corrected chi connectivity index (χ0v) is 6.36. The zero-order chi connectivity index (χ0) is 6.57. The summed E-state index contributed by atoms with van der Waals surface area (Å²) in [5.74, 6) is 0.630. The maximum atomic E-state index is 3.39. The first-order chi connectivity index (χ1) is 3.66. The summed E-state index contributed by atoms with van der Waals surface area (Å²) >= 11 is 0. The van der Waals surface area contributed by atoms with Crippen LogP contribution in [0.25, 0.3) is 0 Å². The average molecular weight is 113 g/mol. The van der Waals surface area contributed by atoms with Gasteiger partial charge in [0.15, 0.2) is 0 Å². The lowest BCUT2D eigenvalue weighted by atomic mass is 9.98. The van der Waals surface area contributed by atoms with E-state index in [4.69, 9.17) is 0 Å². The first kappa shape index (κ1) is 8.02. The van der Waals surface area contributed by atoms with E-state index in [1.54, 1.807) is 0 Å². The molecule has 2 atom stereocenters. The van der Waals surface area contributed by atoms with Crippen molar-refractivity contribution in [2.45, 2.75) is 39.2 Å². The van der Waals surface area contributed by atoms with Crippen LogP contribution in [0.2, 0.25) is 0 Å². The molecule has 1 nitrogen and oxygen atoms in total. The fourth-order valence-corrected chi connectivity index (χ4v) is 0.687. The Balaban J connectivity index is 3.10. The molecule has 0 aliphatic heterocycles. The first-order valence-corrected chi connectivity index (χ1v) is 3.42. The predicted molar refractivity (Wildman–Crippen MR) is 40.9 cm³/mol. The maximum absolute atomic E-state index is 3.39. The molecule has 48 valence electrons. The second-order valence-electron chi connectivity index (χ2n) is 2.63. The molecule has 0 bridgehead atoms. The lowest BCUT2D eigenvalue weighted by Crippen LogP contribution is -2.33. The summed E-state index contributed by atoms with van der Waals surface area (Å²) in [4.78, 5) is 0. The van der Waals surface area contributed by atoms with Gasteiger partial charge in [0.05, 0.1) is 0 Å². The summed E-state index contributed by atoms with van der Waals surface area (Å²) in [6, 6.07) is 0.676. The summed E-state index contributed by atoms with van der Waals surface area (Å²) in [5.41, 5.74) is 0. The summed E-state index contributed by atoms with van der Waals surface area (Å²) in [7, 11) is 2.17. The Kier molecular flexibility index (Phi) is 3.97. The Morgan fingerprint density at radius 1 is 1.50 bits per heavy atom. The van der Waals surface area contributed by atoms with E-state index in [0.29, 0.717) is 12.0 Å². The van der Waals surface area contributed by atoms with Crippen molar-refractivity contribution in [3.8, 4) is 0 Å². The van der Waals surface area contributed by atoms with Gasteiger partial charge in [-0.25, -0.2) is 0 Å². The van der Waals surface area contributed by atoms with E-state index in [-0.39, 0.29) is 0 Å². The minimum Gasteiger partial charge on any atom is -0.320 e. The summed E-state index contributed by atoms with van der Waals surface area (Å²) in [5, 5.41) is 3.39. The van der Waals surface area contributed by atoms with E-state index in [1.165, 1.54) is 6.42 Å². The van der Waals surface area contributed by atoms with Crippen LogP contribution in [0.15, 0.2) is 0 Å². The second kappa shape index (κ2) is 3.96. The van der Waals surface area contributed by atoms with Gasteiger partial charge in [0.25, 0.3) is 0 Å². The van der Waals surface area contributed by atoms with E-state index >= 15 is 0 Å². The molecule has 0 aliphatic carbocycles. The van der Waals surface area contributed by atoms with Crippen LogP contribution >= 0.6 is 0 Å². The highest BCUT2D eigenvalue weighted by Gasteiger charge is 1.97. The normalized spacial score (nSPS) is 17.9. The molecule has 0 radical (unpaired) electrons. The van der Waals surface area contributed by atoms with E-state index in [2.05, 4.69) is 33.9 Å². The molecule has 0 aromatic heterocycles. The number of hydrogen-bond donors (Lipinski definition) is 1. The quantitative estimate of drug-likeness (QED) is 0.521. The van der Waals surface area contributed by atoms with Crippen LogP contribution in [0.1, 0.15) is 27.2 Å². The van der Waals surface area contributed by atoms with E-state index in [0.717, 1.165) is 0 Å².